The monoisotopic (exact) mass is 410 g/mol. The smallest absolute Gasteiger partial charge is 0.487 e. The lowest BCUT2D eigenvalue weighted by molar-refractivity contribution is -0.208. The van der Waals surface area contributed by atoms with E-state index in [-0.39, 0.29) is 31.2 Å². The van der Waals surface area contributed by atoms with Crippen LogP contribution in [0.4, 0.5) is 13.2 Å². The van der Waals surface area contributed by atoms with Crippen LogP contribution in [-0.4, -0.2) is 37.0 Å². The average Bonchev–Trinajstić information content (AvgIpc) is 2.67. The zero-order chi connectivity index (χ0) is 21.0. The van der Waals surface area contributed by atoms with Crippen molar-refractivity contribution in [3.05, 3.63) is 58.9 Å². The van der Waals surface area contributed by atoms with Gasteiger partial charge in [0.1, 0.15) is 5.82 Å². The predicted molar refractivity (Wildman–Crippen MR) is 100 cm³/mol. The maximum absolute atomic E-state index is 14.1. The number of benzene rings is 2. The molecule has 0 unspecified atom stereocenters. The molecule has 156 valence electrons. The molecule has 0 radical (unpaired) electrons. The first-order valence-electron chi connectivity index (χ1n) is 9.38. The Hall–Kier alpha value is -2.07. The van der Waals surface area contributed by atoms with Crippen LogP contribution in [0.5, 0.6) is 5.75 Å². The lowest BCUT2D eigenvalue weighted by Gasteiger charge is -2.29. The summed E-state index contributed by atoms with van der Waals surface area (Å²) < 4.78 is 58.5. The highest BCUT2D eigenvalue weighted by molar-refractivity contribution is 6.58. The molecular formula is C20H22BF3O5. The molecule has 1 saturated heterocycles. The SMILES string of the molecule is CCCc1cc(F)c(OCC2COC(c3ccc(B(O)O)c(F)c3)OC2)c(F)c1. The molecule has 1 aliphatic heterocycles. The van der Waals surface area contributed by atoms with Crippen LogP contribution >= 0.6 is 0 Å². The number of ether oxygens (including phenoxy) is 3. The normalized spacial score (nSPS) is 19.2. The Morgan fingerprint density at radius 3 is 2.24 bits per heavy atom. The van der Waals surface area contributed by atoms with Gasteiger partial charge in [-0.15, -0.1) is 0 Å². The molecule has 2 aromatic rings. The Bertz CT molecular complexity index is 818. The van der Waals surface area contributed by atoms with E-state index >= 15 is 0 Å². The molecule has 0 atom stereocenters. The molecule has 1 aliphatic rings. The molecule has 3 rings (SSSR count). The average molecular weight is 410 g/mol. The fourth-order valence-corrected chi connectivity index (χ4v) is 3.12. The summed E-state index contributed by atoms with van der Waals surface area (Å²) in [6, 6.07) is 6.37. The van der Waals surface area contributed by atoms with Gasteiger partial charge in [0.15, 0.2) is 23.7 Å². The highest BCUT2D eigenvalue weighted by atomic mass is 19.1. The Labute approximate surface area is 167 Å². The first-order valence-corrected chi connectivity index (χ1v) is 9.38. The molecule has 29 heavy (non-hydrogen) atoms. The van der Waals surface area contributed by atoms with Gasteiger partial charge >= 0.3 is 7.12 Å². The Morgan fingerprint density at radius 1 is 1.03 bits per heavy atom. The number of halogens is 3. The number of aryl methyl sites for hydroxylation is 1. The zero-order valence-electron chi connectivity index (χ0n) is 15.9. The minimum Gasteiger partial charge on any atom is -0.487 e. The van der Waals surface area contributed by atoms with Crippen molar-refractivity contribution in [2.75, 3.05) is 19.8 Å². The van der Waals surface area contributed by atoms with E-state index in [9.17, 15) is 13.2 Å². The molecule has 0 saturated carbocycles. The summed E-state index contributed by atoms with van der Waals surface area (Å²) in [5, 5.41) is 18.1. The summed E-state index contributed by atoms with van der Waals surface area (Å²) in [5.74, 6) is -2.96. The Kier molecular flexibility index (Phi) is 7.18. The second kappa shape index (κ2) is 9.62. The summed E-state index contributed by atoms with van der Waals surface area (Å²) in [5.41, 5.74) is 0.716. The minimum absolute atomic E-state index is 0.00229. The summed E-state index contributed by atoms with van der Waals surface area (Å²) in [7, 11) is -1.91. The first kappa shape index (κ1) is 21.6. The minimum atomic E-state index is -1.91. The van der Waals surface area contributed by atoms with Gasteiger partial charge in [0.2, 0.25) is 0 Å². The molecular weight excluding hydrogens is 388 g/mol. The van der Waals surface area contributed by atoms with Gasteiger partial charge in [-0.2, -0.15) is 0 Å². The summed E-state index contributed by atoms with van der Waals surface area (Å²) in [6.07, 6.45) is 0.538. The molecule has 1 fully saturated rings. The van der Waals surface area contributed by atoms with Crippen molar-refractivity contribution in [3.63, 3.8) is 0 Å². The molecule has 2 aromatic carbocycles. The van der Waals surface area contributed by atoms with Crippen molar-refractivity contribution in [2.45, 2.75) is 26.1 Å². The van der Waals surface area contributed by atoms with Gasteiger partial charge in [-0.3, -0.25) is 0 Å². The highest BCUT2D eigenvalue weighted by Crippen LogP contribution is 2.28. The third-order valence-electron chi connectivity index (χ3n) is 4.60. The van der Waals surface area contributed by atoms with E-state index in [0.29, 0.717) is 17.5 Å². The van der Waals surface area contributed by atoms with Crippen molar-refractivity contribution in [2.24, 2.45) is 5.92 Å². The van der Waals surface area contributed by atoms with E-state index in [1.54, 1.807) is 0 Å². The zero-order valence-corrected chi connectivity index (χ0v) is 15.9. The van der Waals surface area contributed by atoms with Crippen LogP contribution in [0.1, 0.15) is 30.8 Å². The standard InChI is InChI=1S/C20H22BF3O5/c1-2-3-12-6-17(23)19(18(24)7-12)27-9-13-10-28-20(29-11-13)14-4-5-15(21(25)26)16(22)8-14/h4-8,13,20,25-26H,2-3,9-11H2,1H3. The van der Waals surface area contributed by atoms with E-state index < -0.39 is 36.6 Å². The molecule has 2 N–H and O–H groups in total. The van der Waals surface area contributed by atoms with Gasteiger partial charge in [0, 0.05) is 16.9 Å². The largest absolute Gasteiger partial charge is 0.491 e. The number of hydrogen-bond acceptors (Lipinski definition) is 5. The summed E-state index contributed by atoms with van der Waals surface area (Å²) in [6.45, 7) is 2.30. The lowest BCUT2D eigenvalue weighted by Crippen LogP contribution is -2.34. The van der Waals surface area contributed by atoms with E-state index in [1.807, 2.05) is 6.92 Å². The van der Waals surface area contributed by atoms with Gasteiger partial charge in [0.05, 0.1) is 19.8 Å². The van der Waals surface area contributed by atoms with Crippen LogP contribution in [0.25, 0.3) is 0 Å². The fourth-order valence-electron chi connectivity index (χ4n) is 3.12. The van der Waals surface area contributed by atoms with E-state index in [1.165, 1.54) is 24.3 Å². The molecule has 0 amide bonds. The van der Waals surface area contributed by atoms with Gasteiger partial charge in [-0.25, -0.2) is 13.2 Å². The molecule has 0 bridgehead atoms. The van der Waals surface area contributed by atoms with Crippen molar-refractivity contribution in [1.82, 2.24) is 0 Å². The van der Waals surface area contributed by atoms with Crippen LogP contribution in [0.15, 0.2) is 30.3 Å². The number of rotatable bonds is 7. The van der Waals surface area contributed by atoms with Crippen molar-refractivity contribution < 1.29 is 37.4 Å². The van der Waals surface area contributed by atoms with Crippen molar-refractivity contribution >= 4 is 12.6 Å². The van der Waals surface area contributed by atoms with E-state index in [4.69, 9.17) is 24.3 Å². The quantitative estimate of drug-likeness (QED) is 0.687. The molecule has 9 heteroatoms. The predicted octanol–water partition coefficient (Wildman–Crippen LogP) is 2.48. The number of hydrogen-bond donors (Lipinski definition) is 2. The summed E-state index contributed by atoms with van der Waals surface area (Å²) in [4.78, 5) is 0. The van der Waals surface area contributed by atoms with Crippen LogP contribution in [0.3, 0.4) is 0 Å². The second-order valence-electron chi connectivity index (χ2n) is 6.97. The van der Waals surface area contributed by atoms with Gasteiger partial charge in [-0.05, 0) is 30.2 Å². The van der Waals surface area contributed by atoms with Gasteiger partial charge in [-0.1, -0.05) is 25.5 Å². The topological polar surface area (TPSA) is 68.2 Å². The van der Waals surface area contributed by atoms with E-state index in [2.05, 4.69) is 0 Å². The summed E-state index contributed by atoms with van der Waals surface area (Å²) >= 11 is 0. The molecule has 0 aromatic heterocycles. The van der Waals surface area contributed by atoms with Crippen LogP contribution in [0, 0.1) is 23.4 Å². The molecule has 5 nitrogen and oxygen atoms in total. The lowest BCUT2D eigenvalue weighted by atomic mass is 9.79. The van der Waals surface area contributed by atoms with Crippen LogP contribution < -0.4 is 10.2 Å². The Morgan fingerprint density at radius 2 is 1.69 bits per heavy atom. The van der Waals surface area contributed by atoms with Crippen molar-refractivity contribution in [3.8, 4) is 5.75 Å². The first-order chi connectivity index (χ1) is 13.9. The van der Waals surface area contributed by atoms with E-state index in [0.717, 1.165) is 12.5 Å². The highest BCUT2D eigenvalue weighted by Gasteiger charge is 2.26. The van der Waals surface area contributed by atoms with Crippen LogP contribution in [0.2, 0.25) is 0 Å². The third kappa shape index (κ3) is 5.30. The Balaban J connectivity index is 1.55. The second-order valence-corrected chi connectivity index (χ2v) is 6.97. The van der Waals surface area contributed by atoms with Crippen molar-refractivity contribution in [1.29, 1.82) is 0 Å². The van der Waals surface area contributed by atoms with Gasteiger partial charge in [0.25, 0.3) is 0 Å². The molecule has 1 heterocycles. The maximum atomic E-state index is 14.1. The maximum Gasteiger partial charge on any atom is 0.491 e. The fraction of sp³-hybridized carbons (Fsp3) is 0.400. The van der Waals surface area contributed by atoms with Gasteiger partial charge < -0.3 is 24.3 Å². The molecule has 0 spiro atoms. The molecule has 0 aliphatic carbocycles. The van der Waals surface area contributed by atoms with Crippen LogP contribution in [-0.2, 0) is 15.9 Å². The third-order valence-corrected chi connectivity index (χ3v) is 4.60.